The standard InChI is InChI=1S/C17H14BrClN4O/c1-11-20-6-7-23(11)16-8-12(4-5-21-16)10-22-17(24)14-3-2-13(18)9-15(14)19/h2-9H,10H2,1H3,(H,22,24). The molecule has 122 valence electrons. The molecule has 0 bridgehead atoms. The number of hydrogen-bond donors (Lipinski definition) is 1. The third-order valence-corrected chi connectivity index (χ3v) is 4.32. The minimum absolute atomic E-state index is 0.218. The van der Waals surface area contributed by atoms with Crippen molar-refractivity contribution in [2.24, 2.45) is 0 Å². The van der Waals surface area contributed by atoms with Gasteiger partial charge in [-0.05, 0) is 42.8 Å². The molecule has 7 heteroatoms. The molecule has 3 rings (SSSR count). The van der Waals surface area contributed by atoms with E-state index in [0.29, 0.717) is 17.1 Å². The Bertz CT molecular complexity index is 894. The normalized spacial score (nSPS) is 10.6. The Morgan fingerprint density at radius 1 is 1.25 bits per heavy atom. The van der Waals surface area contributed by atoms with Crippen molar-refractivity contribution in [1.29, 1.82) is 0 Å². The molecule has 0 radical (unpaired) electrons. The monoisotopic (exact) mass is 404 g/mol. The molecule has 1 amide bonds. The summed E-state index contributed by atoms with van der Waals surface area (Å²) < 4.78 is 2.72. The predicted octanol–water partition coefficient (Wildman–Crippen LogP) is 3.92. The lowest BCUT2D eigenvalue weighted by molar-refractivity contribution is 0.0951. The fourth-order valence-corrected chi connectivity index (χ4v) is 3.03. The molecular formula is C17H14BrClN4O. The van der Waals surface area contributed by atoms with Crippen LogP contribution in [0.3, 0.4) is 0 Å². The number of benzene rings is 1. The van der Waals surface area contributed by atoms with E-state index in [4.69, 9.17) is 11.6 Å². The topological polar surface area (TPSA) is 59.8 Å². The molecule has 0 saturated heterocycles. The highest BCUT2D eigenvalue weighted by Gasteiger charge is 2.11. The van der Waals surface area contributed by atoms with Gasteiger partial charge in [0.05, 0.1) is 10.6 Å². The fraction of sp³-hybridized carbons (Fsp3) is 0.118. The number of carbonyl (C=O) groups excluding carboxylic acids is 1. The van der Waals surface area contributed by atoms with Crippen molar-refractivity contribution < 1.29 is 4.79 Å². The van der Waals surface area contributed by atoms with Crippen LogP contribution in [-0.2, 0) is 6.54 Å². The number of pyridine rings is 1. The van der Waals surface area contributed by atoms with Gasteiger partial charge >= 0.3 is 0 Å². The molecule has 3 aromatic rings. The van der Waals surface area contributed by atoms with E-state index in [1.54, 1.807) is 30.6 Å². The van der Waals surface area contributed by atoms with Gasteiger partial charge in [0.2, 0.25) is 0 Å². The first-order valence-electron chi connectivity index (χ1n) is 7.23. The highest BCUT2D eigenvalue weighted by atomic mass is 79.9. The molecule has 1 N–H and O–H groups in total. The van der Waals surface area contributed by atoms with E-state index in [1.165, 1.54) is 0 Å². The molecule has 0 fully saturated rings. The smallest absolute Gasteiger partial charge is 0.253 e. The molecule has 0 spiro atoms. The largest absolute Gasteiger partial charge is 0.348 e. The van der Waals surface area contributed by atoms with Crippen LogP contribution in [0.2, 0.25) is 5.02 Å². The van der Waals surface area contributed by atoms with E-state index in [9.17, 15) is 4.79 Å². The summed E-state index contributed by atoms with van der Waals surface area (Å²) in [5.74, 6) is 1.40. The lowest BCUT2D eigenvalue weighted by Gasteiger charge is -2.09. The zero-order chi connectivity index (χ0) is 17.1. The van der Waals surface area contributed by atoms with Crippen LogP contribution in [0.5, 0.6) is 0 Å². The Hall–Kier alpha value is -2.18. The molecule has 0 unspecified atom stereocenters. The number of rotatable bonds is 4. The second kappa shape index (κ2) is 7.15. The maximum absolute atomic E-state index is 12.3. The van der Waals surface area contributed by atoms with E-state index in [-0.39, 0.29) is 5.91 Å². The molecule has 0 atom stereocenters. The van der Waals surface area contributed by atoms with Gasteiger partial charge in [0.15, 0.2) is 0 Å². The second-order valence-corrected chi connectivity index (χ2v) is 6.50. The van der Waals surface area contributed by atoms with Crippen LogP contribution in [0.4, 0.5) is 0 Å². The Kier molecular flexibility index (Phi) is 4.97. The minimum Gasteiger partial charge on any atom is -0.348 e. The maximum atomic E-state index is 12.3. The van der Waals surface area contributed by atoms with Crippen LogP contribution in [0, 0.1) is 6.92 Å². The number of nitrogens with zero attached hydrogens (tertiary/aromatic N) is 3. The highest BCUT2D eigenvalue weighted by Crippen LogP contribution is 2.21. The summed E-state index contributed by atoms with van der Waals surface area (Å²) in [6, 6.07) is 8.95. The third kappa shape index (κ3) is 3.66. The van der Waals surface area contributed by atoms with E-state index < -0.39 is 0 Å². The number of amides is 1. The summed E-state index contributed by atoms with van der Waals surface area (Å²) in [7, 11) is 0. The van der Waals surface area contributed by atoms with Crippen molar-refractivity contribution in [1.82, 2.24) is 19.9 Å². The first-order chi connectivity index (χ1) is 11.5. The van der Waals surface area contributed by atoms with Crippen LogP contribution in [0.15, 0.2) is 53.4 Å². The van der Waals surface area contributed by atoms with Gasteiger partial charge in [0, 0.05) is 29.6 Å². The van der Waals surface area contributed by atoms with Gasteiger partial charge < -0.3 is 5.32 Å². The molecule has 24 heavy (non-hydrogen) atoms. The second-order valence-electron chi connectivity index (χ2n) is 5.17. The van der Waals surface area contributed by atoms with Gasteiger partial charge in [-0.3, -0.25) is 9.36 Å². The molecular weight excluding hydrogens is 392 g/mol. The van der Waals surface area contributed by atoms with Crippen molar-refractivity contribution in [2.45, 2.75) is 13.5 Å². The molecule has 2 aromatic heterocycles. The molecule has 5 nitrogen and oxygen atoms in total. The van der Waals surface area contributed by atoms with Crippen LogP contribution in [-0.4, -0.2) is 20.4 Å². The maximum Gasteiger partial charge on any atom is 0.253 e. The SMILES string of the molecule is Cc1nccn1-c1cc(CNC(=O)c2ccc(Br)cc2Cl)ccn1. The van der Waals surface area contributed by atoms with Crippen molar-refractivity contribution in [3.63, 3.8) is 0 Å². The number of halogens is 2. The van der Waals surface area contributed by atoms with Gasteiger partial charge in [-0.1, -0.05) is 27.5 Å². The summed E-state index contributed by atoms with van der Waals surface area (Å²) >= 11 is 9.43. The van der Waals surface area contributed by atoms with Crippen LogP contribution < -0.4 is 5.32 Å². The molecule has 0 aliphatic rings. The molecule has 0 saturated carbocycles. The van der Waals surface area contributed by atoms with E-state index in [1.807, 2.05) is 29.8 Å². The first-order valence-corrected chi connectivity index (χ1v) is 8.40. The van der Waals surface area contributed by atoms with Crippen LogP contribution in [0.25, 0.3) is 5.82 Å². The lowest BCUT2D eigenvalue weighted by Crippen LogP contribution is -2.23. The van der Waals surface area contributed by atoms with Crippen molar-refractivity contribution in [2.75, 3.05) is 0 Å². The van der Waals surface area contributed by atoms with E-state index >= 15 is 0 Å². The van der Waals surface area contributed by atoms with Gasteiger partial charge in [-0.25, -0.2) is 9.97 Å². The Morgan fingerprint density at radius 2 is 2.08 bits per heavy atom. The zero-order valence-electron chi connectivity index (χ0n) is 12.8. The number of hydrogen-bond acceptors (Lipinski definition) is 3. The van der Waals surface area contributed by atoms with Crippen molar-refractivity contribution >= 4 is 33.4 Å². The summed E-state index contributed by atoms with van der Waals surface area (Å²) in [4.78, 5) is 20.8. The van der Waals surface area contributed by atoms with Crippen molar-refractivity contribution in [3.8, 4) is 5.82 Å². The highest BCUT2D eigenvalue weighted by molar-refractivity contribution is 9.10. The van der Waals surface area contributed by atoms with E-state index in [2.05, 4.69) is 31.2 Å². The van der Waals surface area contributed by atoms with E-state index in [0.717, 1.165) is 21.7 Å². The number of carbonyl (C=O) groups is 1. The molecule has 0 aliphatic carbocycles. The third-order valence-electron chi connectivity index (χ3n) is 3.51. The van der Waals surface area contributed by atoms with Gasteiger partial charge in [0.1, 0.15) is 11.6 Å². The minimum atomic E-state index is -0.218. The van der Waals surface area contributed by atoms with Gasteiger partial charge in [-0.15, -0.1) is 0 Å². The number of aromatic nitrogens is 3. The fourth-order valence-electron chi connectivity index (χ4n) is 2.27. The number of aryl methyl sites for hydroxylation is 1. The number of imidazole rings is 1. The summed E-state index contributed by atoms with van der Waals surface area (Å²) in [5, 5.41) is 3.28. The average molecular weight is 406 g/mol. The average Bonchev–Trinajstić information content (AvgIpc) is 2.99. The Morgan fingerprint density at radius 3 is 2.79 bits per heavy atom. The first kappa shape index (κ1) is 16.7. The lowest BCUT2D eigenvalue weighted by atomic mass is 10.2. The predicted molar refractivity (Wildman–Crippen MR) is 96.4 cm³/mol. The van der Waals surface area contributed by atoms with Gasteiger partial charge in [-0.2, -0.15) is 0 Å². The van der Waals surface area contributed by atoms with Crippen LogP contribution in [0.1, 0.15) is 21.7 Å². The summed E-state index contributed by atoms with van der Waals surface area (Å²) in [5.41, 5.74) is 1.38. The molecule has 1 aromatic carbocycles. The zero-order valence-corrected chi connectivity index (χ0v) is 15.2. The number of nitrogens with one attached hydrogen (secondary N) is 1. The van der Waals surface area contributed by atoms with Crippen molar-refractivity contribution in [3.05, 3.63) is 75.4 Å². The Labute approximate surface area is 152 Å². The summed E-state index contributed by atoms with van der Waals surface area (Å²) in [6.45, 7) is 2.29. The molecule has 2 heterocycles. The summed E-state index contributed by atoms with van der Waals surface area (Å²) in [6.07, 6.45) is 5.28. The Balaban J connectivity index is 1.73. The van der Waals surface area contributed by atoms with Gasteiger partial charge in [0.25, 0.3) is 5.91 Å². The quantitative estimate of drug-likeness (QED) is 0.715. The molecule has 0 aliphatic heterocycles. The van der Waals surface area contributed by atoms with Crippen LogP contribution >= 0.6 is 27.5 Å².